The maximum absolute atomic E-state index is 11.8. The van der Waals surface area contributed by atoms with Crippen LogP contribution < -0.4 is 0 Å². The SMILES string of the molecule is CCOS(=O)(=O)C(C)CC(C)(C)S(=O)(=O)OCC. The lowest BCUT2D eigenvalue weighted by Crippen LogP contribution is -2.39. The highest BCUT2D eigenvalue weighted by molar-refractivity contribution is 7.88. The maximum atomic E-state index is 11.8. The van der Waals surface area contributed by atoms with Gasteiger partial charge in [0.15, 0.2) is 0 Å². The minimum absolute atomic E-state index is 0.0261. The van der Waals surface area contributed by atoms with Crippen LogP contribution in [-0.4, -0.2) is 40.0 Å². The predicted molar refractivity (Wildman–Crippen MR) is 69.2 cm³/mol. The van der Waals surface area contributed by atoms with Crippen molar-refractivity contribution in [3.05, 3.63) is 0 Å². The lowest BCUT2D eigenvalue weighted by molar-refractivity contribution is 0.310. The van der Waals surface area contributed by atoms with Crippen molar-refractivity contribution in [2.45, 2.75) is 51.0 Å². The van der Waals surface area contributed by atoms with Crippen LogP contribution in [0.2, 0.25) is 0 Å². The van der Waals surface area contributed by atoms with Crippen LogP contribution in [0.25, 0.3) is 0 Å². The van der Waals surface area contributed by atoms with Gasteiger partial charge in [-0.05, 0) is 41.0 Å². The van der Waals surface area contributed by atoms with Gasteiger partial charge in [0.1, 0.15) is 0 Å². The first-order valence-electron chi connectivity index (χ1n) is 5.77. The van der Waals surface area contributed by atoms with Crippen LogP contribution in [0.1, 0.15) is 41.0 Å². The van der Waals surface area contributed by atoms with Crippen LogP contribution in [-0.2, 0) is 28.6 Å². The zero-order chi connectivity index (χ0) is 14.6. The molecule has 0 spiro atoms. The molecule has 0 aromatic rings. The van der Waals surface area contributed by atoms with Crippen molar-refractivity contribution in [1.82, 2.24) is 0 Å². The van der Waals surface area contributed by atoms with Crippen LogP contribution >= 0.6 is 0 Å². The standard InChI is InChI=1S/C10H22O6S2/c1-6-15-17(11,12)9(3)8-10(4,5)18(13,14)16-7-2/h9H,6-8H2,1-5H3. The van der Waals surface area contributed by atoms with Crippen molar-refractivity contribution in [3.8, 4) is 0 Å². The lowest BCUT2D eigenvalue weighted by Gasteiger charge is -2.26. The fourth-order valence-corrected chi connectivity index (χ4v) is 3.86. The van der Waals surface area contributed by atoms with Gasteiger partial charge >= 0.3 is 0 Å². The topological polar surface area (TPSA) is 86.7 Å². The van der Waals surface area contributed by atoms with Crippen molar-refractivity contribution < 1.29 is 25.2 Å². The molecule has 0 fully saturated rings. The third kappa shape index (κ3) is 4.49. The molecule has 8 heteroatoms. The second kappa shape index (κ2) is 6.31. The van der Waals surface area contributed by atoms with E-state index in [1.165, 1.54) is 20.8 Å². The number of hydrogen-bond donors (Lipinski definition) is 0. The van der Waals surface area contributed by atoms with Crippen LogP contribution in [0, 0.1) is 0 Å². The zero-order valence-corrected chi connectivity index (χ0v) is 13.1. The molecule has 0 aromatic heterocycles. The molecule has 0 saturated carbocycles. The molecule has 110 valence electrons. The van der Waals surface area contributed by atoms with Gasteiger partial charge in [-0.15, -0.1) is 0 Å². The van der Waals surface area contributed by atoms with Gasteiger partial charge in [-0.1, -0.05) is 0 Å². The Hall–Kier alpha value is -0.180. The summed E-state index contributed by atoms with van der Waals surface area (Å²) in [5.41, 5.74) is 0. The molecule has 0 bridgehead atoms. The van der Waals surface area contributed by atoms with Crippen molar-refractivity contribution in [1.29, 1.82) is 0 Å². The van der Waals surface area contributed by atoms with Gasteiger partial charge in [-0.3, -0.25) is 8.37 Å². The van der Waals surface area contributed by atoms with E-state index < -0.39 is 30.2 Å². The van der Waals surface area contributed by atoms with Crippen molar-refractivity contribution >= 4 is 20.2 Å². The minimum atomic E-state index is -3.80. The highest BCUT2D eigenvalue weighted by Crippen LogP contribution is 2.27. The zero-order valence-electron chi connectivity index (χ0n) is 11.5. The Balaban J connectivity index is 5.00. The Morgan fingerprint density at radius 3 is 1.83 bits per heavy atom. The van der Waals surface area contributed by atoms with Crippen LogP contribution in [0.5, 0.6) is 0 Å². The van der Waals surface area contributed by atoms with Crippen molar-refractivity contribution in [2.75, 3.05) is 13.2 Å². The Labute approximate surface area is 110 Å². The van der Waals surface area contributed by atoms with Crippen molar-refractivity contribution in [2.24, 2.45) is 0 Å². The van der Waals surface area contributed by atoms with Gasteiger partial charge in [0.25, 0.3) is 20.2 Å². The summed E-state index contributed by atoms with van der Waals surface area (Å²) < 4.78 is 55.0. The Morgan fingerprint density at radius 2 is 1.44 bits per heavy atom. The van der Waals surface area contributed by atoms with Gasteiger partial charge in [-0.2, -0.15) is 16.8 Å². The second-order valence-electron chi connectivity index (χ2n) is 4.53. The molecular formula is C10H22O6S2. The van der Waals surface area contributed by atoms with Gasteiger partial charge in [0, 0.05) is 0 Å². The molecule has 6 nitrogen and oxygen atoms in total. The monoisotopic (exact) mass is 302 g/mol. The van der Waals surface area contributed by atoms with Gasteiger partial charge in [0.2, 0.25) is 0 Å². The molecule has 0 rings (SSSR count). The molecule has 18 heavy (non-hydrogen) atoms. The van der Waals surface area contributed by atoms with E-state index in [4.69, 9.17) is 4.18 Å². The molecule has 0 amide bonds. The molecule has 0 aliphatic carbocycles. The van der Waals surface area contributed by atoms with Crippen LogP contribution in [0.4, 0.5) is 0 Å². The largest absolute Gasteiger partial charge is 0.272 e. The Bertz CT molecular complexity index is 449. The maximum Gasteiger partial charge on any atom is 0.272 e. The normalized spacial score (nSPS) is 15.6. The first-order chi connectivity index (χ1) is 8.00. The molecule has 0 aliphatic heterocycles. The van der Waals surface area contributed by atoms with E-state index in [-0.39, 0.29) is 19.6 Å². The molecule has 1 atom stereocenters. The van der Waals surface area contributed by atoms with E-state index in [0.717, 1.165) is 0 Å². The van der Waals surface area contributed by atoms with Crippen LogP contribution in [0.3, 0.4) is 0 Å². The summed E-state index contributed by atoms with van der Waals surface area (Å²) in [6, 6.07) is 0. The fourth-order valence-electron chi connectivity index (χ4n) is 1.49. The number of rotatable bonds is 8. The third-order valence-corrected chi connectivity index (χ3v) is 6.29. The molecule has 0 aliphatic rings. The van der Waals surface area contributed by atoms with E-state index in [2.05, 4.69) is 4.18 Å². The predicted octanol–water partition coefficient (Wildman–Crippen LogP) is 1.28. The summed E-state index contributed by atoms with van der Waals surface area (Å²) in [5, 5.41) is -0.914. The summed E-state index contributed by atoms with van der Waals surface area (Å²) in [6.07, 6.45) is -0.0856. The van der Waals surface area contributed by atoms with E-state index in [1.54, 1.807) is 13.8 Å². The quantitative estimate of drug-likeness (QED) is 0.628. The second-order valence-corrected chi connectivity index (χ2v) is 8.81. The first kappa shape index (κ1) is 17.8. The smallest absolute Gasteiger partial charge is 0.270 e. The summed E-state index contributed by atoms with van der Waals surface area (Å²) in [6.45, 7) is 7.49. The fraction of sp³-hybridized carbons (Fsp3) is 1.00. The molecular weight excluding hydrogens is 280 g/mol. The highest BCUT2D eigenvalue weighted by Gasteiger charge is 2.39. The average Bonchev–Trinajstić information content (AvgIpc) is 2.16. The molecule has 0 saturated heterocycles. The Kier molecular flexibility index (Phi) is 6.25. The molecule has 0 aromatic carbocycles. The first-order valence-corrected chi connectivity index (χ1v) is 8.65. The summed E-state index contributed by atoms with van der Waals surface area (Å²) in [5.74, 6) is 0. The Morgan fingerprint density at radius 1 is 1.00 bits per heavy atom. The molecule has 0 heterocycles. The van der Waals surface area contributed by atoms with E-state index in [0.29, 0.717) is 0 Å². The number of hydrogen-bond acceptors (Lipinski definition) is 6. The average molecular weight is 302 g/mol. The van der Waals surface area contributed by atoms with E-state index in [1.807, 2.05) is 0 Å². The highest BCUT2D eigenvalue weighted by atomic mass is 32.2. The minimum Gasteiger partial charge on any atom is -0.270 e. The molecule has 0 N–H and O–H groups in total. The summed E-state index contributed by atoms with van der Waals surface area (Å²) >= 11 is 0. The summed E-state index contributed by atoms with van der Waals surface area (Å²) in [4.78, 5) is 0. The summed E-state index contributed by atoms with van der Waals surface area (Å²) in [7, 11) is -7.54. The van der Waals surface area contributed by atoms with Gasteiger partial charge in [0.05, 0.1) is 23.2 Å². The van der Waals surface area contributed by atoms with Crippen LogP contribution in [0.15, 0.2) is 0 Å². The van der Waals surface area contributed by atoms with E-state index >= 15 is 0 Å². The molecule has 0 radical (unpaired) electrons. The van der Waals surface area contributed by atoms with E-state index in [9.17, 15) is 16.8 Å². The van der Waals surface area contributed by atoms with Gasteiger partial charge in [-0.25, -0.2) is 0 Å². The molecule has 1 unspecified atom stereocenters. The van der Waals surface area contributed by atoms with Gasteiger partial charge < -0.3 is 0 Å². The lowest BCUT2D eigenvalue weighted by atomic mass is 10.1. The third-order valence-electron chi connectivity index (χ3n) is 2.50. The van der Waals surface area contributed by atoms with Crippen molar-refractivity contribution in [3.63, 3.8) is 0 Å².